The van der Waals surface area contributed by atoms with Crippen LogP contribution in [-0.2, 0) is 4.74 Å². The van der Waals surface area contributed by atoms with Gasteiger partial charge in [-0.3, -0.25) is 0 Å². The Kier molecular flexibility index (Phi) is 4.71. The quantitative estimate of drug-likeness (QED) is 0.885. The fourth-order valence-electron chi connectivity index (χ4n) is 2.37. The van der Waals surface area contributed by atoms with Crippen LogP contribution in [0.1, 0.15) is 25.7 Å². The predicted octanol–water partition coefficient (Wildman–Crippen LogP) is 4.50. The van der Waals surface area contributed by atoms with E-state index in [1.54, 1.807) is 7.11 Å². The molecule has 0 spiro atoms. The van der Waals surface area contributed by atoms with Crippen LogP contribution in [0.2, 0.25) is 10.0 Å². The van der Waals surface area contributed by atoms with Crippen LogP contribution in [0, 0.1) is 5.82 Å². The molecule has 18 heavy (non-hydrogen) atoms. The van der Waals surface area contributed by atoms with Crippen LogP contribution in [0.5, 0.6) is 0 Å². The molecule has 2 nitrogen and oxygen atoms in total. The summed E-state index contributed by atoms with van der Waals surface area (Å²) in [6, 6.07) is 2.81. The van der Waals surface area contributed by atoms with Gasteiger partial charge in [0, 0.05) is 13.2 Å². The average Bonchev–Trinajstić information content (AvgIpc) is 2.34. The highest BCUT2D eigenvalue weighted by Crippen LogP contribution is 2.34. The smallest absolute Gasteiger partial charge is 0.126 e. The molecule has 0 aromatic heterocycles. The van der Waals surface area contributed by atoms with E-state index in [2.05, 4.69) is 5.32 Å². The summed E-state index contributed by atoms with van der Waals surface area (Å²) in [6.07, 6.45) is 4.42. The Labute approximate surface area is 116 Å². The van der Waals surface area contributed by atoms with Gasteiger partial charge in [0.2, 0.25) is 0 Å². The third-order valence-electron chi connectivity index (χ3n) is 3.31. The first-order valence-corrected chi connectivity index (χ1v) is 6.79. The molecule has 0 aliphatic heterocycles. The lowest BCUT2D eigenvalue weighted by molar-refractivity contribution is 0.0669. The molecule has 0 heterocycles. The summed E-state index contributed by atoms with van der Waals surface area (Å²) in [5.41, 5.74) is 0.612. The lowest BCUT2D eigenvalue weighted by Crippen LogP contribution is -2.31. The minimum Gasteiger partial charge on any atom is -0.381 e. The number of rotatable bonds is 3. The molecule has 100 valence electrons. The molecule has 0 bridgehead atoms. The zero-order valence-corrected chi connectivity index (χ0v) is 11.7. The van der Waals surface area contributed by atoms with Crippen molar-refractivity contribution in [3.63, 3.8) is 0 Å². The summed E-state index contributed by atoms with van der Waals surface area (Å²) >= 11 is 12.0. The van der Waals surface area contributed by atoms with E-state index in [4.69, 9.17) is 27.9 Å². The summed E-state index contributed by atoms with van der Waals surface area (Å²) in [4.78, 5) is 0. The zero-order valence-electron chi connectivity index (χ0n) is 10.2. The van der Waals surface area contributed by atoms with E-state index in [1.165, 1.54) is 12.1 Å². The van der Waals surface area contributed by atoms with Crippen molar-refractivity contribution in [2.45, 2.75) is 37.8 Å². The second-order valence-electron chi connectivity index (χ2n) is 4.61. The fraction of sp³-hybridized carbons (Fsp3) is 0.538. The first kappa shape index (κ1) is 13.9. The van der Waals surface area contributed by atoms with Crippen LogP contribution in [0.4, 0.5) is 10.1 Å². The molecular weight excluding hydrogens is 276 g/mol. The number of methoxy groups -OCH3 is 1. The molecule has 0 amide bonds. The third kappa shape index (κ3) is 3.28. The highest BCUT2D eigenvalue weighted by atomic mass is 35.5. The van der Waals surface area contributed by atoms with E-state index in [-0.39, 0.29) is 12.1 Å². The van der Waals surface area contributed by atoms with Crippen molar-refractivity contribution >= 4 is 28.9 Å². The Balaban J connectivity index is 2.09. The van der Waals surface area contributed by atoms with Crippen molar-refractivity contribution in [3.05, 3.63) is 28.0 Å². The molecule has 1 fully saturated rings. The third-order valence-corrected chi connectivity index (χ3v) is 3.91. The van der Waals surface area contributed by atoms with Gasteiger partial charge in [0.25, 0.3) is 0 Å². The molecular formula is C13H16Cl2FNO. The molecule has 1 aliphatic rings. The summed E-state index contributed by atoms with van der Waals surface area (Å²) in [6.45, 7) is 0. The van der Waals surface area contributed by atoms with Gasteiger partial charge in [-0.05, 0) is 37.8 Å². The second kappa shape index (κ2) is 6.09. The van der Waals surface area contributed by atoms with Crippen LogP contribution in [0.25, 0.3) is 0 Å². The Morgan fingerprint density at radius 2 is 1.94 bits per heavy atom. The summed E-state index contributed by atoms with van der Waals surface area (Å²) < 4.78 is 18.5. The van der Waals surface area contributed by atoms with E-state index in [0.717, 1.165) is 25.7 Å². The number of nitrogens with one attached hydrogen (secondary N) is 1. The predicted molar refractivity (Wildman–Crippen MR) is 73.1 cm³/mol. The minimum absolute atomic E-state index is 0.268. The van der Waals surface area contributed by atoms with Crippen LogP contribution in [0.3, 0.4) is 0 Å². The SMILES string of the molecule is COC1CCCC(Nc2c(Cl)cc(F)cc2Cl)C1. The first-order chi connectivity index (χ1) is 8.60. The average molecular weight is 292 g/mol. The van der Waals surface area contributed by atoms with Gasteiger partial charge >= 0.3 is 0 Å². The fourth-order valence-corrected chi connectivity index (χ4v) is 2.94. The van der Waals surface area contributed by atoms with Crippen LogP contribution in [-0.4, -0.2) is 19.3 Å². The minimum atomic E-state index is -0.422. The maximum Gasteiger partial charge on any atom is 0.126 e. The zero-order chi connectivity index (χ0) is 13.1. The largest absolute Gasteiger partial charge is 0.381 e. The van der Waals surface area contributed by atoms with E-state index in [1.807, 2.05) is 0 Å². The number of anilines is 1. The lowest BCUT2D eigenvalue weighted by atomic mass is 9.92. The Hall–Kier alpha value is -0.510. The van der Waals surface area contributed by atoms with E-state index < -0.39 is 5.82 Å². The van der Waals surface area contributed by atoms with Crippen LogP contribution >= 0.6 is 23.2 Å². The molecule has 5 heteroatoms. The number of benzene rings is 1. The number of hydrogen-bond acceptors (Lipinski definition) is 2. The normalized spacial score (nSPS) is 24.0. The summed E-state index contributed by atoms with van der Waals surface area (Å²) in [5, 5.41) is 3.94. The highest BCUT2D eigenvalue weighted by molar-refractivity contribution is 6.39. The molecule has 0 radical (unpaired) electrons. The van der Waals surface area contributed by atoms with Gasteiger partial charge < -0.3 is 10.1 Å². The van der Waals surface area contributed by atoms with Crippen LogP contribution < -0.4 is 5.32 Å². The molecule has 2 atom stereocenters. The van der Waals surface area contributed by atoms with Gasteiger partial charge in [-0.25, -0.2) is 4.39 Å². The lowest BCUT2D eigenvalue weighted by Gasteiger charge is -2.30. The van der Waals surface area contributed by atoms with Crippen molar-refractivity contribution in [1.29, 1.82) is 0 Å². The van der Waals surface area contributed by atoms with Crippen molar-refractivity contribution in [1.82, 2.24) is 0 Å². The standard InChI is InChI=1S/C13H16Cl2FNO/c1-18-10-4-2-3-9(7-10)17-13-11(14)5-8(16)6-12(13)15/h5-6,9-10,17H,2-4,7H2,1H3. The van der Waals surface area contributed by atoms with Gasteiger partial charge in [0.1, 0.15) is 5.82 Å². The van der Waals surface area contributed by atoms with Gasteiger partial charge in [-0.1, -0.05) is 23.2 Å². The maximum atomic E-state index is 13.1. The Bertz CT molecular complexity index is 404. The molecule has 1 aliphatic carbocycles. The van der Waals surface area contributed by atoms with Crippen molar-refractivity contribution in [3.8, 4) is 0 Å². The van der Waals surface area contributed by atoms with Crippen molar-refractivity contribution < 1.29 is 9.13 Å². The van der Waals surface area contributed by atoms with Gasteiger partial charge in [0.05, 0.1) is 21.8 Å². The molecule has 2 rings (SSSR count). The van der Waals surface area contributed by atoms with Crippen molar-refractivity contribution in [2.24, 2.45) is 0 Å². The van der Waals surface area contributed by atoms with Crippen molar-refractivity contribution in [2.75, 3.05) is 12.4 Å². The first-order valence-electron chi connectivity index (χ1n) is 6.04. The maximum absolute atomic E-state index is 13.1. The van der Waals surface area contributed by atoms with E-state index in [9.17, 15) is 4.39 Å². The van der Waals surface area contributed by atoms with Gasteiger partial charge in [0.15, 0.2) is 0 Å². The van der Waals surface area contributed by atoms with Crippen LogP contribution in [0.15, 0.2) is 12.1 Å². The highest BCUT2D eigenvalue weighted by Gasteiger charge is 2.23. The number of hydrogen-bond donors (Lipinski definition) is 1. The molecule has 2 unspecified atom stereocenters. The van der Waals surface area contributed by atoms with E-state index >= 15 is 0 Å². The summed E-state index contributed by atoms with van der Waals surface area (Å²) in [7, 11) is 1.73. The molecule has 1 saturated carbocycles. The Morgan fingerprint density at radius 3 is 2.56 bits per heavy atom. The monoisotopic (exact) mass is 291 g/mol. The molecule has 0 saturated heterocycles. The summed E-state index contributed by atoms with van der Waals surface area (Å²) in [5.74, 6) is -0.422. The second-order valence-corrected chi connectivity index (χ2v) is 5.42. The molecule has 1 aromatic rings. The van der Waals surface area contributed by atoms with E-state index in [0.29, 0.717) is 15.7 Å². The topological polar surface area (TPSA) is 21.3 Å². The number of halogens is 3. The molecule has 1 N–H and O–H groups in total. The van der Waals surface area contributed by atoms with Gasteiger partial charge in [-0.2, -0.15) is 0 Å². The van der Waals surface area contributed by atoms with Gasteiger partial charge in [-0.15, -0.1) is 0 Å². The number of ether oxygens (including phenoxy) is 1. The molecule has 1 aromatic carbocycles. The Morgan fingerprint density at radius 1 is 1.28 bits per heavy atom.